The van der Waals surface area contributed by atoms with Gasteiger partial charge in [-0.3, -0.25) is 9.89 Å². The van der Waals surface area contributed by atoms with Crippen LogP contribution in [0.3, 0.4) is 0 Å². The molecule has 5 nitrogen and oxygen atoms in total. The lowest BCUT2D eigenvalue weighted by molar-refractivity contribution is 0.187. The number of nitrogens with one attached hydrogen (secondary N) is 1. The highest BCUT2D eigenvalue weighted by Crippen LogP contribution is 2.26. The number of likely N-dealkylation sites (tertiary alicyclic amines) is 2. The number of hydrogen-bond donors (Lipinski definition) is 2. The van der Waals surface area contributed by atoms with E-state index in [-0.39, 0.29) is 6.10 Å². The van der Waals surface area contributed by atoms with Crippen LogP contribution in [0, 0.1) is 6.92 Å². The normalized spacial score (nSPS) is 23.2. The second kappa shape index (κ2) is 8.68. The molecule has 0 bridgehead atoms. The minimum atomic E-state index is -0.227. The Hall–Kier alpha value is -1.59. The van der Waals surface area contributed by atoms with Gasteiger partial charge in [-0.2, -0.15) is 0 Å². The number of guanidine groups is 1. The monoisotopic (exact) mass is 344 g/mol. The number of aliphatic imine (C=N–C) groups is 1. The Morgan fingerprint density at radius 2 is 1.96 bits per heavy atom. The van der Waals surface area contributed by atoms with Gasteiger partial charge in [0.15, 0.2) is 5.96 Å². The first kappa shape index (κ1) is 18.2. The Bertz CT molecular complexity index is 566. The average molecular weight is 345 g/mol. The molecule has 2 heterocycles. The van der Waals surface area contributed by atoms with Crippen molar-refractivity contribution in [3.8, 4) is 0 Å². The standard InChI is InChI=1S/C20H32N4O/c1-3-21-20(24-13-10-18(25)15-24)22-14-19(23-11-4-5-12-23)17-8-6-16(2)7-9-17/h6-9,18-19,25H,3-5,10-15H2,1-2H3,(H,21,22)/t18-,19?/m1/s1. The molecule has 1 aromatic carbocycles. The van der Waals surface area contributed by atoms with E-state index in [0.717, 1.165) is 45.1 Å². The van der Waals surface area contributed by atoms with Crippen molar-refractivity contribution in [2.45, 2.75) is 45.3 Å². The number of aliphatic hydroxyl groups is 1. The lowest BCUT2D eigenvalue weighted by Crippen LogP contribution is -2.41. The van der Waals surface area contributed by atoms with Crippen molar-refractivity contribution in [2.75, 3.05) is 39.3 Å². The molecule has 0 saturated carbocycles. The van der Waals surface area contributed by atoms with E-state index in [1.165, 1.54) is 24.0 Å². The lowest BCUT2D eigenvalue weighted by Gasteiger charge is -2.28. The molecule has 25 heavy (non-hydrogen) atoms. The van der Waals surface area contributed by atoms with Crippen molar-refractivity contribution in [1.82, 2.24) is 15.1 Å². The van der Waals surface area contributed by atoms with Gasteiger partial charge in [0, 0.05) is 19.6 Å². The third-order valence-corrected chi connectivity index (χ3v) is 5.26. The first-order valence-corrected chi connectivity index (χ1v) is 9.69. The SMILES string of the molecule is CCNC(=NCC(c1ccc(C)cc1)N1CCCC1)N1CC[C@@H](O)C1. The quantitative estimate of drug-likeness (QED) is 0.635. The van der Waals surface area contributed by atoms with Crippen LogP contribution in [0.4, 0.5) is 0 Å². The minimum absolute atomic E-state index is 0.227. The van der Waals surface area contributed by atoms with Crippen molar-refractivity contribution in [2.24, 2.45) is 4.99 Å². The Morgan fingerprint density at radius 3 is 2.56 bits per heavy atom. The van der Waals surface area contributed by atoms with Gasteiger partial charge in [0.25, 0.3) is 0 Å². The number of hydrogen-bond acceptors (Lipinski definition) is 3. The first-order valence-electron chi connectivity index (χ1n) is 9.69. The number of aliphatic hydroxyl groups excluding tert-OH is 1. The molecule has 2 fully saturated rings. The molecule has 2 aliphatic heterocycles. The summed E-state index contributed by atoms with van der Waals surface area (Å²) in [6.07, 6.45) is 3.17. The Kier molecular flexibility index (Phi) is 6.32. The molecule has 2 atom stereocenters. The molecule has 2 saturated heterocycles. The van der Waals surface area contributed by atoms with Gasteiger partial charge in [-0.25, -0.2) is 0 Å². The highest BCUT2D eigenvalue weighted by Gasteiger charge is 2.26. The van der Waals surface area contributed by atoms with Gasteiger partial charge in [0.2, 0.25) is 0 Å². The van der Waals surface area contributed by atoms with E-state index in [4.69, 9.17) is 4.99 Å². The number of aryl methyl sites for hydroxylation is 1. The zero-order valence-electron chi connectivity index (χ0n) is 15.6. The molecule has 2 aliphatic rings. The van der Waals surface area contributed by atoms with Crippen LogP contribution in [0.25, 0.3) is 0 Å². The van der Waals surface area contributed by atoms with Gasteiger partial charge in [-0.15, -0.1) is 0 Å². The van der Waals surface area contributed by atoms with Crippen LogP contribution < -0.4 is 5.32 Å². The summed E-state index contributed by atoms with van der Waals surface area (Å²) in [5, 5.41) is 13.2. The van der Waals surface area contributed by atoms with E-state index in [2.05, 4.69) is 53.2 Å². The average Bonchev–Trinajstić information content (AvgIpc) is 3.27. The fourth-order valence-electron chi connectivity index (χ4n) is 3.81. The molecule has 0 aliphatic carbocycles. The van der Waals surface area contributed by atoms with Gasteiger partial charge in [-0.1, -0.05) is 29.8 Å². The molecule has 3 rings (SSSR count). The van der Waals surface area contributed by atoms with Crippen molar-refractivity contribution in [3.63, 3.8) is 0 Å². The number of rotatable bonds is 5. The van der Waals surface area contributed by atoms with Crippen molar-refractivity contribution in [1.29, 1.82) is 0 Å². The second-order valence-corrected chi connectivity index (χ2v) is 7.25. The fourth-order valence-corrected chi connectivity index (χ4v) is 3.81. The predicted molar refractivity (Wildman–Crippen MR) is 103 cm³/mol. The zero-order valence-corrected chi connectivity index (χ0v) is 15.6. The molecule has 0 spiro atoms. The van der Waals surface area contributed by atoms with Gasteiger partial charge >= 0.3 is 0 Å². The number of nitrogens with zero attached hydrogens (tertiary/aromatic N) is 3. The molecule has 1 unspecified atom stereocenters. The van der Waals surface area contributed by atoms with Crippen molar-refractivity contribution in [3.05, 3.63) is 35.4 Å². The third-order valence-electron chi connectivity index (χ3n) is 5.26. The molecular formula is C20H32N4O. The maximum atomic E-state index is 9.84. The van der Waals surface area contributed by atoms with E-state index in [0.29, 0.717) is 12.6 Å². The molecule has 1 aromatic rings. The van der Waals surface area contributed by atoms with E-state index >= 15 is 0 Å². The van der Waals surface area contributed by atoms with Gasteiger partial charge < -0.3 is 15.3 Å². The third kappa shape index (κ3) is 4.73. The van der Waals surface area contributed by atoms with Crippen LogP contribution in [0.5, 0.6) is 0 Å². The van der Waals surface area contributed by atoms with Crippen LogP contribution in [-0.2, 0) is 0 Å². The number of benzene rings is 1. The van der Waals surface area contributed by atoms with Gasteiger partial charge in [0.05, 0.1) is 18.7 Å². The summed E-state index contributed by atoms with van der Waals surface area (Å²) < 4.78 is 0. The molecule has 5 heteroatoms. The minimum Gasteiger partial charge on any atom is -0.391 e. The largest absolute Gasteiger partial charge is 0.391 e. The first-order chi connectivity index (χ1) is 12.2. The maximum absolute atomic E-state index is 9.84. The molecule has 0 aromatic heterocycles. The van der Waals surface area contributed by atoms with Gasteiger partial charge in [0.1, 0.15) is 0 Å². The van der Waals surface area contributed by atoms with Gasteiger partial charge in [-0.05, 0) is 51.8 Å². The molecule has 0 amide bonds. The molecule has 138 valence electrons. The summed E-state index contributed by atoms with van der Waals surface area (Å²) in [4.78, 5) is 9.70. The van der Waals surface area contributed by atoms with E-state index in [9.17, 15) is 5.11 Å². The summed E-state index contributed by atoms with van der Waals surface area (Å²) in [6.45, 7) is 9.73. The lowest BCUT2D eigenvalue weighted by atomic mass is 10.0. The summed E-state index contributed by atoms with van der Waals surface area (Å²) in [5.41, 5.74) is 2.65. The summed E-state index contributed by atoms with van der Waals surface area (Å²) in [5.74, 6) is 0.940. The van der Waals surface area contributed by atoms with Crippen LogP contribution in [-0.4, -0.2) is 66.2 Å². The van der Waals surface area contributed by atoms with E-state index in [1.807, 2.05) is 0 Å². The highest BCUT2D eigenvalue weighted by atomic mass is 16.3. The number of β-amino-alcohol motifs (C(OH)–C–C–N with tert-alkyl or cyclic N) is 1. The highest BCUT2D eigenvalue weighted by molar-refractivity contribution is 5.80. The predicted octanol–water partition coefficient (Wildman–Crippen LogP) is 2.16. The molecule has 2 N–H and O–H groups in total. The zero-order chi connectivity index (χ0) is 17.6. The van der Waals surface area contributed by atoms with E-state index < -0.39 is 0 Å². The second-order valence-electron chi connectivity index (χ2n) is 7.25. The van der Waals surface area contributed by atoms with Crippen molar-refractivity contribution < 1.29 is 5.11 Å². The summed E-state index contributed by atoms with van der Waals surface area (Å²) >= 11 is 0. The fraction of sp³-hybridized carbons (Fsp3) is 0.650. The summed E-state index contributed by atoms with van der Waals surface area (Å²) in [7, 11) is 0. The summed E-state index contributed by atoms with van der Waals surface area (Å²) in [6, 6.07) is 9.24. The maximum Gasteiger partial charge on any atom is 0.194 e. The van der Waals surface area contributed by atoms with Crippen LogP contribution >= 0.6 is 0 Å². The molecule has 0 radical (unpaired) electrons. The Balaban J connectivity index is 1.76. The van der Waals surface area contributed by atoms with E-state index in [1.54, 1.807) is 0 Å². The smallest absolute Gasteiger partial charge is 0.194 e. The Morgan fingerprint density at radius 1 is 1.24 bits per heavy atom. The molecular weight excluding hydrogens is 312 g/mol. The van der Waals surface area contributed by atoms with Crippen LogP contribution in [0.2, 0.25) is 0 Å². The van der Waals surface area contributed by atoms with Crippen molar-refractivity contribution >= 4 is 5.96 Å². The topological polar surface area (TPSA) is 51.1 Å². The Labute approximate surface area is 151 Å². The van der Waals surface area contributed by atoms with Crippen LogP contribution in [0.1, 0.15) is 43.4 Å². The van der Waals surface area contributed by atoms with Crippen LogP contribution in [0.15, 0.2) is 29.3 Å².